The maximum atomic E-state index is 12.1. The Labute approximate surface area is 91.6 Å². The molecule has 0 unspecified atom stereocenters. The Balaban J connectivity index is 1.97. The second-order valence-corrected chi connectivity index (χ2v) is 4.39. The Morgan fingerprint density at radius 1 is 1.33 bits per heavy atom. The number of nitrogens with one attached hydrogen (secondary N) is 1. The monoisotopic (exact) mass is 211 g/mol. The summed E-state index contributed by atoms with van der Waals surface area (Å²) in [6.07, 6.45) is 3.36. The van der Waals surface area contributed by atoms with Gasteiger partial charge < -0.3 is 15.1 Å². The maximum Gasteiger partial charge on any atom is 0.320 e. The van der Waals surface area contributed by atoms with E-state index < -0.39 is 0 Å². The first kappa shape index (κ1) is 10.7. The molecule has 2 amide bonds. The van der Waals surface area contributed by atoms with Gasteiger partial charge in [0.25, 0.3) is 0 Å². The summed E-state index contributed by atoms with van der Waals surface area (Å²) in [5.74, 6) is 0. The first-order valence-electron chi connectivity index (χ1n) is 6.09. The topological polar surface area (TPSA) is 35.6 Å². The molecule has 2 rings (SSSR count). The first-order valence-corrected chi connectivity index (χ1v) is 6.09. The number of rotatable bonds is 2. The van der Waals surface area contributed by atoms with Gasteiger partial charge in [-0.25, -0.2) is 4.79 Å². The molecule has 0 saturated carbocycles. The lowest BCUT2D eigenvalue weighted by atomic mass is 10.0. The van der Waals surface area contributed by atoms with E-state index in [9.17, 15) is 4.79 Å². The zero-order chi connectivity index (χ0) is 10.7. The molecule has 1 N–H and O–H groups in total. The highest BCUT2D eigenvalue weighted by atomic mass is 16.2. The quantitative estimate of drug-likeness (QED) is 0.736. The molecule has 86 valence electrons. The van der Waals surface area contributed by atoms with E-state index in [4.69, 9.17) is 0 Å². The van der Waals surface area contributed by atoms with Gasteiger partial charge in [-0.2, -0.15) is 0 Å². The minimum Gasteiger partial charge on any atom is -0.325 e. The summed E-state index contributed by atoms with van der Waals surface area (Å²) >= 11 is 0. The second-order valence-electron chi connectivity index (χ2n) is 4.39. The normalized spacial score (nSPS) is 24.7. The molecule has 2 saturated heterocycles. The van der Waals surface area contributed by atoms with Gasteiger partial charge >= 0.3 is 6.03 Å². The van der Waals surface area contributed by atoms with Crippen molar-refractivity contribution in [2.45, 2.75) is 32.2 Å². The van der Waals surface area contributed by atoms with Crippen LogP contribution in [0, 0.1) is 0 Å². The Bertz CT molecular complexity index is 226. The molecule has 2 aliphatic rings. The summed E-state index contributed by atoms with van der Waals surface area (Å²) in [6, 6.07) is 0.740. The third-order valence-electron chi connectivity index (χ3n) is 3.47. The fourth-order valence-corrected chi connectivity index (χ4v) is 2.56. The molecule has 0 aromatic carbocycles. The second kappa shape index (κ2) is 4.84. The molecule has 0 aromatic heterocycles. The van der Waals surface area contributed by atoms with Crippen molar-refractivity contribution in [3.63, 3.8) is 0 Å². The summed E-state index contributed by atoms with van der Waals surface area (Å²) in [4.78, 5) is 16.1. The highest BCUT2D eigenvalue weighted by molar-refractivity contribution is 5.75. The summed E-state index contributed by atoms with van der Waals surface area (Å²) in [5.41, 5.74) is 0. The third kappa shape index (κ3) is 2.25. The van der Waals surface area contributed by atoms with E-state index in [0.29, 0.717) is 6.04 Å². The van der Waals surface area contributed by atoms with E-state index in [-0.39, 0.29) is 6.03 Å². The first-order chi connectivity index (χ1) is 7.33. The number of hydrogen-bond donors (Lipinski definition) is 1. The van der Waals surface area contributed by atoms with Crippen LogP contribution in [0.2, 0.25) is 0 Å². The number of carbonyl (C=O) groups is 1. The Hall–Kier alpha value is -0.770. The zero-order valence-electron chi connectivity index (χ0n) is 9.54. The molecule has 0 aromatic rings. The van der Waals surface area contributed by atoms with E-state index in [2.05, 4.69) is 17.1 Å². The molecule has 0 bridgehead atoms. The summed E-state index contributed by atoms with van der Waals surface area (Å²) in [7, 11) is 0. The Kier molecular flexibility index (Phi) is 3.46. The van der Waals surface area contributed by atoms with E-state index in [1.54, 1.807) is 0 Å². The van der Waals surface area contributed by atoms with Crippen LogP contribution in [-0.4, -0.2) is 54.6 Å². The average Bonchev–Trinajstić information content (AvgIpc) is 2.30. The van der Waals surface area contributed by atoms with Crippen LogP contribution < -0.4 is 5.32 Å². The Morgan fingerprint density at radius 2 is 2.07 bits per heavy atom. The average molecular weight is 211 g/mol. The molecule has 2 aliphatic heterocycles. The minimum absolute atomic E-state index is 0.260. The van der Waals surface area contributed by atoms with Gasteiger partial charge in [-0.3, -0.25) is 0 Å². The molecule has 4 heteroatoms. The largest absolute Gasteiger partial charge is 0.325 e. The van der Waals surface area contributed by atoms with Crippen molar-refractivity contribution in [2.24, 2.45) is 0 Å². The van der Waals surface area contributed by atoms with Gasteiger partial charge in [-0.1, -0.05) is 0 Å². The van der Waals surface area contributed by atoms with Gasteiger partial charge in [0, 0.05) is 25.7 Å². The van der Waals surface area contributed by atoms with Crippen molar-refractivity contribution in [3.05, 3.63) is 0 Å². The SMILES string of the molecule is CCN1CCCN(C2CCNCC2)C1=O. The van der Waals surface area contributed by atoms with Crippen LogP contribution in [0.15, 0.2) is 0 Å². The summed E-state index contributed by atoms with van der Waals surface area (Å²) in [6.45, 7) is 6.92. The molecule has 4 nitrogen and oxygen atoms in total. The van der Waals surface area contributed by atoms with E-state index in [0.717, 1.165) is 52.0 Å². The van der Waals surface area contributed by atoms with Crippen molar-refractivity contribution in [1.29, 1.82) is 0 Å². The highest BCUT2D eigenvalue weighted by Crippen LogP contribution is 2.18. The smallest absolute Gasteiger partial charge is 0.320 e. The minimum atomic E-state index is 0.260. The van der Waals surface area contributed by atoms with Crippen LogP contribution in [0.5, 0.6) is 0 Å². The molecule has 0 atom stereocenters. The number of carbonyl (C=O) groups excluding carboxylic acids is 1. The lowest BCUT2D eigenvalue weighted by Gasteiger charge is -2.41. The van der Waals surface area contributed by atoms with Crippen molar-refractivity contribution < 1.29 is 4.79 Å². The van der Waals surface area contributed by atoms with E-state index in [1.807, 2.05) is 4.90 Å². The van der Waals surface area contributed by atoms with Crippen molar-refractivity contribution in [2.75, 3.05) is 32.7 Å². The molecule has 2 heterocycles. The molecule has 2 fully saturated rings. The lowest BCUT2D eigenvalue weighted by Crippen LogP contribution is -2.55. The van der Waals surface area contributed by atoms with Crippen molar-refractivity contribution in [1.82, 2.24) is 15.1 Å². The summed E-state index contributed by atoms with van der Waals surface area (Å²) < 4.78 is 0. The molecular weight excluding hydrogens is 190 g/mol. The fraction of sp³-hybridized carbons (Fsp3) is 0.909. The number of piperidine rings is 1. The van der Waals surface area contributed by atoms with E-state index in [1.165, 1.54) is 0 Å². The van der Waals surface area contributed by atoms with Crippen LogP contribution in [0.1, 0.15) is 26.2 Å². The maximum absolute atomic E-state index is 12.1. The van der Waals surface area contributed by atoms with Gasteiger partial charge in [0.2, 0.25) is 0 Å². The number of nitrogens with zero attached hydrogens (tertiary/aromatic N) is 2. The highest BCUT2D eigenvalue weighted by Gasteiger charge is 2.30. The zero-order valence-corrected chi connectivity index (χ0v) is 9.54. The standard InChI is InChI=1S/C11H21N3O/c1-2-13-8-3-9-14(11(13)15)10-4-6-12-7-5-10/h10,12H,2-9H2,1H3. The van der Waals surface area contributed by atoms with Crippen LogP contribution in [0.4, 0.5) is 4.79 Å². The number of hydrogen-bond acceptors (Lipinski definition) is 2. The molecule has 0 spiro atoms. The van der Waals surface area contributed by atoms with Crippen molar-refractivity contribution in [3.8, 4) is 0 Å². The predicted molar refractivity (Wildman–Crippen MR) is 59.9 cm³/mol. The predicted octanol–water partition coefficient (Wildman–Crippen LogP) is 0.886. The Morgan fingerprint density at radius 3 is 2.73 bits per heavy atom. The number of urea groups is 1. The number of amides is 2. The van der Waals surface area contributed by atoms with Gasteiger partial charge in [0.05, 0.1) is 0 Å². The lowest BCUT2D eigenvalue weighted by molar-refractivity contribution is 0.100. The van der Waals surface area contributed by atoms with Crippen LogP contribution >= 0.6 is 0 Å². The van der Waals surface area contributed by atoms with Crippen molar-refractivity contribution >= 4 is 6.03 Å². The fourth-order valence-electron chi connectivity index (χ4n) is 2.56. The van der Waals surface area contributed by atoms with Gasteiger partial charge in [0.1, 0.15) is 0 Å². The molecule has 15 heavy (non-hydrogen) atoms. The third-order valence-corrected chi connectivity index (χ3v) is 3.47. The van der Waals surface area contributed by atoms with Gasteiger partial charge in [-0.15, -0.1) is 0 Å². The van der Waals surface area contributed by atoms with Gasteiger partial charge in [-0.05, 0) is 39.3 Å². The molecule has 0 aliphatic carbocycles. The summed E-state index contributed by atoms with van der Waals surface area (Å²) in [5, 5.41) is 3.34. The van der Waals surface area contributed by atoms with E-state index >= 15 is 0 Å². The van der Waals surface area contributed by atoms with Crippen LogP contribution in [-0.2, 0) is 0 Å². The van der Waals surface area contributed by atoms with Crippen LogP contribution in [0.3, 0.4) is 0 Å². The van der Waals surface area contributed by atoms with Gasteiger partial charge in [0.15, 0.2) is 0 Å². The van der Waals surface area contributed by atoms with Crippen LogP contribution in [0.25, 0.3) is 0 Å². The molecule has 0 radical (unpaired) electrons. The molecular formula is C11H21N3O.